The fourth-order valence-electron chi connectivity index (χ4n) is 2.30. The third-order valence-electron chi connectivity index (χ3n) is 3.26. The fraction of sp³-hybridized carbons (Fsp3) is 0.625. The zero-order chi connectivity index (χ0) is 13.9. The van der Waals surface area contributed by atoms with Gasteiger partial charge in [0.2, 0.25) is 0 Å². The maximum absolute atomic E-state index is 9.05. The summed E-state index contributed by atoms with van der Waals surface area (Å²) in [5.41, 5.74) is 1.20. The van der Waals surface area contributed by atoms with Crippen molar-refractivity contribution in [3.05, 3.63) is 29.8 Å². The summed E-state index contributed by atoms with van der Waals surface area (Å²) in [4.78, 5) is 0. The third-order valence-corrected chi connectivity index (χ3v) is 3.26. The van der Waals surface area contributed by atoms with Gasteiger partial charge in [0, 0.05) is 18.7 Å². The molecule has 1 aromatic rings. The Labute approximate surface area is 117 Å². The van der Waals surface area contributed by atoms with Crippen LogP contribution in [0.2, 0.25) is 0 Å². The van der Waals surface area contributed by atoms with Crippen LogP contribution in [0.1, 0.15) is 38.7 Å². The van der Waals surface area contributed by atoms with Gasteiger partial charge in [0.05, 0.1) is 6.61 Å². The molecule has 0 amide bonds. The van der Waals surface area contributed by atoms with E-state index < -0.39 is 0 Å². The molecule has 1 aromatic carbocycles. The van der Waals surface area contributed by atoms with E-state index in [0.717, 1.165) is 25.3 Å². The standard InChI is InChI=1S/C16H27NO2/c1-3-7-14(10-11-18)12-17-13-15-8-5-6-9-16(15)19-4-2/h5-6,8-9,14,17-18H,3-4,7,10-13H2,1-2H3. The van der Waals surface area contributed by atoms with Gasteiger partial charge >= 0.3 is 0 Å². The quantitative estimate of drug-likeness (QED) is 0.683. The van der Waals surface area contributed by atoms with E-state index in [2.05, 4.69) is 18.3 Å². The minimum absolute atomic E-state index is 0.280. The number of hydrogen-bond donors (Lipinski definition) is 2. The van der Waals surface area contributed by atoms with Gasteiger partial charge in [0.1, 0.15) is 5.75 Å². The summed E-state index contributed by atoms with van der Waals surface area (Å²) in [6.07, 6.45) is 3.22. The zero-order valence-electron chi connectivity index (χ0n) is 12.2. The van der Waals surface area contributed by atoms with E-state index in [1.54, 1.807) is 0 Å². The minimum Gasteiger partial charge on any atom is -0.494 e. The van der Waals surface area contributed by atoms with Crippen molar-refractivity contribution in [2.45, 2.75) is 39.7 Å². The molecule has 0 spiro atoms. The summed E-state index contributed by atoms with van der Waals surface area (Å²) in [5, 5.41) is 12.5. The maximum Gasteiger partial charge on any atom is 0.123 e. The third kappa shape index (κ3) is 6.08. The van der Waals surface area contributed by atoms with Crippen molar-refractivity contribution in [1.29, 1.82) is 0 Å². The molecule has 108 valence electrons. The number of rotatable bonds is 10. The van der Waals surface area contributed by atoms with E-state index in [1.165, 1.54) is 18.4 Å². The van der Waals surface area contributed by atoms with Crippen LogP contribution in [0.4, 0.5) is 0 Å². The van der Waals surface area contributed by atoms with Crippen molar-refractivity contribution < 1.29 is 9.84 Å². The zero-order valence-corrected chi connectivity index (χ0v) is 12.2. The summed E-state index contributed by atoms with van der Waals surface area (Å²) in [5.74, 6) is 1.53. The number of nitrogens with one attached hydrogen (secondary N) is 1. The average molecular weight is 265 g/mol. The first-order valence-electron chi connectivity index (χ1n) is 7.34. The topological polar surface area (TPSA) is 41.5 Å². The van der Waals surface area contributed by atoms with Crippen LogP contribution < -0.4 is 10.1 Å². The van der Waals surface area contributed by atoms with Crippen molar-refractivity contribution in [2.24, 2.45) is 5.92 Å². The molecule has 0 aliphatic heterocycles. The van der Waals surface area contributed by atoms with Crippen LogP contribution in [0.25, 0.3) is 0 Å². The second kappa shape index (κ2) is 9.82. The Balaban J connectivity index is 2.42. The van der Waals surface area contributed by atoms with Gasteiger partial charge in [-0.25, -0.2) is 0 Å². The van der Waals surface area contributed by atoms with Crippen LogP contribution in [-0.4, -0.2) is 24.9 Å². The first kappa shape index (κ1) is 16.0. The predicted molar refractivity (Wildman–Crippen MR) is 79.4 cm³/mol. The minimum atomic E-state index is 0.280. The first-order valence-corrected chi connectivity index (χ1v) is 7.34. The summed E-state index contributed by atoms with van der Waals surface area (Å²) in [6.45, 7) is 6.94. The van der Waals surface area contributed by atoms with E-state index in [0.29, 0.717) is 12.5 Å². The average Bonchev–Trinajstić information content (AvgIpc) is 2.41. The predicted octanol–water partition coefficient (Wildman–Crippen LogP) is 2.97. The summed E-state index contributed by atoms with van der Waals surface area (Å²) >= 11 is 0. The van der Waals surface area contributed by atoms with Gasteiger partial charge in [-0.05, 0) is 38.3 Å². The number of para-hydroxylation sites is 1. The summed E-state index contributed by atoms with van der Waals surface area (Å²) in [6, 6.07) is 8.15. The van der Waals surface area contributed by atoms with Gasteiger partial charge in [-0.2, -0.15) is 0 Å². The lowest BCUT2D eigenvalue weighted by Crippen LogP contribution is -2.23. The van der Waals surface area contributed by atoms with Gasteiger partial charge < -0.3 is 15.2 Å². The van der Waals surface area contributed by atoms with Crippen molar-refractivity contribution in [2.75, 3.05) is 19.8 Å². The van der Waals surface area contributed by atoms with E-state index in [4.69, 9.17) is 9.84 Å². The van der Waals surface area contributed by atoms with Crippen LogP contribution in [0.3, 0.4) is 0 Å². The van der Waals surface area contributed by atoms with Gasteiger partial charge in [-0.3, -0.25) is 0 Å². The highest BCUT2D eigenvalue weighted by Gasteiger charge is 2.07. The van der Waals surface area contributed by atoms with E-state index in [9.17, 15) is 0 Å². The van der Waals surface area contributed by atoms with Gasteiger partial charge in [0.25, 0.3) is 0 Å². The van der Waals surface area contributed by atoms with Gasteiger partial charge in [0.15, 0.2) is 0 Å². The lowest BCUT2D eigenvalue weighted by Gasteiger charge is -2.16. The first-order chi connectivity index (χ1) is 9.31. The maximum atomic E-state index is 9.05. The molecule has 0 fully saturated rings. The molecule has 1 atom stereocenters. The molecular formula is C16H27NO2. The Kier molecular flexibility index (Phi) is 8.26. The summed E-state index contributed by atoms with van der Waals surface area (Å²) in [7, 11) is 0. The Morgan fingerprint density at radius 1 is 1.21 bits per heavy atom. The molecule has 0 aliphatic carbocycles. The number of ether oxygens (including phenoxy) is 1. The SMILES string of the molecule is CCCC(CCO)CNCc1ccccc1OCC. The molecule has 0 heterocycles. The van der Waals surface area contributed by atoms with Crippen LogP contribution in [0.5, 0.6) is 5.75 Å². The summed E-state index contributed by atoms with van der Waals surface area (Å²) < 4.78 is 5.61. The largest absolute Gasteiger partial charge is 0.494 e. The van der Waals surface area contributed by atoms with E-state index in [-0.39, 0.29) is 6.61 Å². The highest BCUT2D eigenvalue weighted by Crippen LogP contribution is 2.18. The fourth-order valence-corrected chi connectivity index (χ4v) is 2.30. The van der Waals surface area contributed by atoms with Gasteiger partial charge in [-0.15, -0.1) is 0 Å². The number of benzene rings is 1. The molecule has 1 unspecified atom stereocenters. The molecule has 19 heavy (non-hydrogen) atoms. The lowest BCUT2D eigenvalue weighted by atomic mass is 10.00. The molecule has 1 rings (SSSR count). The second-order valence-electron chi connectivity index (χ2n) is 4.84. The van der Waals surface area contributed by atoms with Gasteiger partial charge in [-0.1, -0.05) is 31.5 Å². The molecular weight excluding hydrogens is 238 g/mol. The highest BCUT2D eigenvalue weighted by atomic mass is 16.5. The smallest absolute Gasteiger partial charge is 0.123 e. The van der Waals surface area contributed by atoms with Crippen molar-refractivity contribution in [3.8, 4) is 5.75 Å². The van der Waals surface area contributed by atoms with Crippen LogP contribution >= 0.6 is 0 Å². The van der Waals surface area contributed by atoms with Crippen molar-refractivity contribution in [3.63, 3.8) is 0 Å². The van der Waals surface area contributed by atoms with Crippen molar-refractivity contribution >= 4 is 0 Å². The number of aliphatic hydroxyl groups excluding tert-OH is 1. The normalized spacial score (nSPS) is 12.4. The molecule has 3 nitrogen and oxygen atoms in total. The molecule has 0 saturated heterocycles. The van der Waals surface area contributed by atoms with Crippen LogP contribution in [-0.2, 0) is 6.54 Å². The Morgan fingerprint density at radius 3 is 2.68 bits per heavy atom. The molecule has 0 bridgehead atoms. The Morgan fingerprint density at radius 2 is 2.00 bits per heavy atom. The molecule has 0 aromatic heterocycles. The van der Waals surface area contributed by atoms with E-state index in [1.807, 2.05) is 25.1 Å². The molecule has 2 N–H and O–H groups in total. The Bertz CT molecular complexity index is 335. The van der Waals surface area contributed by atoms with E-state index >= 15 is 0 Å². The number of hydrogen-bond acceptors (Lipinski definition) is 3. The Hall–Kier alpha value is -1.06. The highest BCUT2D eigenvalue weighted by molar-refractivity contribution is 5.33. The monoisotopic (exact) mass is 265 g/mol. The van der Waals surface area contributed by atoms with Crippen LogP contribution in [0.15, 0.2) is 24.3 Å². The molecule has 0 aliphatic rings. The molecule has 0 radical (unpaired) electrons. The number of aliphatic hydroxyl groups is 1. The molecule has 3 heteroatoms. The lowest BCUT2D eigenvalue weighted by molar-refractivity contribution is 0.247. The molecule has 0 saturated carbocycles. The van der Waals surface area contributed by atoms with Crippen LogP contribution in [0, 0.1) is 5.92 Å². The van der Waals surface area contributed by atoms with Crippen molar-refractivity contribution in [1.82, 2.24) is 5.32 Å². The second-order valence-corrected chi connectivity index (χ2v) is 4.84.